The second kappa shape index (κ2) is 4.52. The highest BCUT2D eigenvalue weighted by Crippen LogP contribution is 2.44. The van der Waals surface area contributed by atoms with Gasteiger partial charge < -0.3 is 4.90 Å². The maximum atomic E-state index is 2.47. The van der Waals surface area contributed by atoms with Gasteiger partial charge in [0.05, 0.1) is 0 Å². The van der Waals surface area contributed by atoms with E-state index in [9.17, 15) is 0 Å². The molecule has 2 heteroatoms. The Hall–Kier alpha value is 0.310. The van der Waals surface area contributed by atoms with Gasteiger partial charge in [-0.05, 0) is 38.6 Å². The molecule has 1 unspecified atom stereocenters. The SMILES string of the molecule is CC.CN1CCC2(CCCS2)C1. The second-order valence-corrected chi connectivity index (χ2v) is 5.19. The van der Waals surface area contributed by atoms with Gasteiger partial charge in [-0.3, -0.25) is 0 Å². The molecule has 0 aliphatic carbocycles. The third kappa shape index (κ3) is 2.17. The normalized spacial score (nSPS) is 35.2. The molecular weight excluding hydrogens is 166 g/mol. The van der Waals surface area contributed by atoms with Crippen LogP contribution in [0.1, 0.15) is 33.1 Å². The fraction of sp³-hybridized carbons (Fsp3) is 1.00. The minimum atomic E-state index is 0.703. The standard InChI is InChI=1S/C8H15NS.C2H6/c1-9-5-4-8(7-9)3-2-6-10-8;1-2/h2-7H2,1H3;1-2H3. The molecule has 0 aromatic heterocycles. The highest BCUT2D eigenvalue weighted by atomic mass is 32.2. The predicted molar refractivity (Wildman–Crippen MR) is 57.9 cm³/mol. The molecule has 1 atom stereocenters. The van der Waals surface area contributed by atoms with Gasteiger partial charge in [0, 0.05) is 11.3 Å². The van der Waals surface area contributed by atoms with Crippen molar-refractivity contribution in [2.45, 2.75) is 37.9 Å². The van der Waals surface area contributed by atoms with Gasteiger partial charge in [0.15, 0.2) is 0 Å². The number of nitrogens with zero attached hydrogens (tertiary/aromatic N) is 1. The van der Waals surface area contributed by atoms with Crippen molar-refractivity contribution in [3.8, 4) is 0 Å². The van der Waals surface area contributed by atoms with Gasteiger partial charge in [-0.2, -0.15) is 11.8 Å². The molecule has 0 saturated carbocycles. The molecule has 1 nitrogen and oxygen atoms in total. The lowest BCUT2D eigenvalue weighted by atomic mass is 10.0. The topological polar surface area (TPSA) is 3.24 Å². The molecule has 0 N–H and O–H groups in total. The summed E-state index contributed by atoms with van der Waals surface area (Å²) in [4.78, 5) is 2.47. The van der Waals surface area contributed by atoms with Gasteiger partial charge in [0.25, 0.3) is 0 Å². The summed E-state index contributed by atoms with van der Waals surface area (Å²) >= 11 is 2.21. The van der Waals surface area contributed by atoms with Crippen molar-refractivity contribution < 1.29 is 0 Å². The molecule has 0 radical (unpaired) electrons. The van der Waals surface area contributed by atoms with E-state index in [2.05, 4.69) is 23.7 Å². The molecule has 2 aliphatic heterocycles. The van der Waals surface area contributed by atoms with Crippen LogP contribution in [0.5, 0.6) is 0 Å². The Morgan fingerprint density at radius 2 is 2.00 bits per heavy atom. The fourth-order valence-corrected chi connectivity index (χ4v) is 3.68. The summed E-state index contributed by atoms with van der Waals surface area (Å²) in [5.41, 5.74) is 0. The lowest BCUT2D eigenvalue weighted by molar-refractivity contribution is 0.402. The van der Waals surface area contributed by atoms with Crippen LogP contribution in [0.3, 0.4) is 0 Å². The summed E-state index contributed by atoms with van der Waals surface area (Å²) in [6, 6.07) is 0. The van der Waals surface area contributed by atoms with Crippen LogP contribution in [-0.2, 0) is 0 Å². The number of hydrogen-bond acceptors (Lipinski definition) is 2. The molecule has 1 spiro atoms. The summed E-state index contributed by atoms with van der Waals surface area (Å²) < 4.78 is 0.703. The van der Waals surface area contributed by atoms with Crippen molar-refractivity contribution >= 4 is 11.8 Å². The molecule has 72 valence electrons. The van der Waals surface area contributed by atoms with Crippen LogP contribution in [0.2, 0.25) is 0 Å². The molecule has 2 aliphatic rings. The Bertz CT molecular complexity index is 130. The van der Waals surface area contributed by atoms with Gasteiger partial charge in [-0.15, -0.1) is 0 Å². The van der Waals surface area contributed by atoms with Crippen molar-refractivity contribution in [2.75, 3.05) is 25.9 Å². The van der Waals surface area contributed by atoms with E-state index < -0.39 is 0 Å². The lowest BCUT2D eigenvalue weighted by Crippen LogP contribution is -2.25. The zero-order chi connectivity index (χ0) is 9.03. The van der Waals surface area contributed by atoms with Crippen LogP contribution < -0.4 is 0 Å². The van der Waals surface area contributed by atoms with Crippen molar-refractivity contribution in [1.82, 2.24) is 4.90 Å². The molecule has 12 heavy (non-hydrogen) atoms. The smallest absolute Gasteiger partial charge is 0.0299 e. The van der Waals surface area contributed by atoms with E-state index in [1.165, 1.54) is 38.1 Å². The zero-order valence-corrected chi connectivity index (χ0v) is 9.41. The van der Waals surface area contributed by atoms with Crippen LogP contribution in [0.25, 0.3) is 0 Å². The number of rotatable bonds is 0. The minimum Gasteiger partial charge on any atom is -0.305 e. The van der Waals surface area contributed by atoms with E-state index in [1.807, 2.05) is 13.8 Å². The van der Waals surface area contributed by atoms with Crippen molar-refractivity contribution in [1.29, 1.82) is 0 Å². The quantitative estimate of drug-likeness (QED) is 0.573. The van der Waals surface area contributed by atoms with E-state index >= 15 is 0 Å². The first kappa shape index (κ1) is 10.4. The highest BCUT2D eigenvalue weighted by Gasteiger charge is 2.39. The summed E-state index contributed by atoms with van der Waals surface area (Å²) in [5, 5.41) is 0. The third-order valence-electron chi connectivity index (χ3n) is 2.69. The van der Waals surface area contributed by atoms with Gasteiger partial charge in [-0.1, -0.05) is 13.8 Å². The Balaban J connectivity index is 0.000000336. The summed E-state index contributed by atoms with van der Waals surface area (Å²) in [5.74, 6) is 1.41. The Morgan fingerprint density at radius 1 is 1.25 bits per heavy atom. The zero-order valence-electron chi connectivity index (χ0n) is 8.60. The van der Waals surface area contributed by atoms with Crippen LogP contribution in [-0.4, -0.2) is 35.5 Å². The summed E-state index contributed by atoms with van der Waals surface area (Å²) in [6.07, 6.45) is 4.37. The average Bonchev–Trinajstić information content (AvgIpc) is 2.68. The number of hydrogen-bond donors (Lipinski definition) is 0. The molecule has 2 saturated heterocycles. The van der Waals surface area contributed by atoms with E-state index in [0.29, 0.717) is 4.75 Å². The van der Waals surface area contributed by atoms with E-state index in [1.54, 1.807) is 0 Å². The van der Waals surface area contributed by atoms with Crippen LogP contribution in [0.15, 0.2) is 0 Å². The highest BCUT2D eigenvalue weighted by molar-refractivity contribution is 8.00. The van der Waals surface area contributed by atoms with Crippen LogP contribution >= 0.6 is 11.8 Å². The molecule has 2 rings (SSSR count). The Labute approximate surface area is 80.9 Å². The van der Waals surface area contributed by atoms with Gasteiger partial charge >= 0.3 is 0 Å². The molecule has 0 amide bonds. The van der Waals surface area contributed by atoms with Crippen molar-refractivity contribution in [2.24, 2.45) is 0 Å². The molecular formula is C10H21NS. The molecule has 2 fully saturated rings. The molecule has 2 heterocycles. The molecule has 0 bridgehead atoms. The third-order valence-corrected chi connectivity index (χ3v) is 4.33. The van der Waals surface area contributed by atoms with Gasteiger partial charge in [0.1, 0.15) is 0 Å². The van der Waals surface area contributed by atoms with Gasteiger partial charge in [0.2, 0.25) is 0 Å². The maximum Gasteiger partial charge on any atom is 0.0299 e. The number of likely N-dealkylation sites (tertiary alicyclic amines) is 1. The summed E-state index contributed by atoms with van der Waals surface area (Å²) in [7, 11) is 2.24. The first-order chi connectivity index (χ1) is 5.81. The Kier molecular flexibility index (Phi) is 3.91. The molecule has 0 aromatic rings. The second-order valence-electron chi connectivity index (χ2n) is 3.62. The van der Waals surface area contributed by atoms with E-state index in [0.717, 1.165) is 0 Å². The van der Waals surface area contributed by atoms with E-state index in [-0.39, 0.29) is 0 Å². The Morgan fingerprint density at radius 3 is 2.42 bits per heavy atom. The average molecular weight is 187 g/mol. The van der Waals surface area contributed by atoms with Crippen molar-refractivity contribution in [3.63, 3.8) is 0 Å². The largest absolute Gasteiger partial charge is 0.305 e. The lowest BCUT2D eigenvalue weighted by Gasteiger charge is -2.20. The van der Waals surface area contributed by atoms with Crippen LogP contribution in [0.4, 0.5) is 0 Å². The van der Waals surface area contributed by atoms with Crippen LogP contribution in [0, 0.1) is 0 Å². The predicted octanol–water partition coefficient (Wildman–Crippen LogP) is 2.61. The van der Waals surface area contributed by atoms with Gasteiger partial charge in [-0.25, -0.2) is 0 Å². The van der Waals surface area contributed by atoms with Crippen molar-refractivity contribution in [3.05, 3.63) is 0 Å². The number of thioether (sulfide) groups is 1. The first-order valence-corrected chi connectivity index (χ1v) is 6.12. The minimum absolute atomic E-state index is 0.703. The summed E-state index contributed by atoms with van der Waals surface area (Å²) in [6.45, 7) is 6.67. The van der Waals surface area contributed by atoms with E-state index in [4.69, 9.17) is 0 Å². The maximum absolute atomic E-state index is 2.47. The first-order valence-electron chi connectivity index (χ1n) is 5.13. The molecule has 0 aromatic carbocycles. The monoisotopic (exact) mass is 187 g/mol. The fourth-order valence-electron chi connectivity index (χ4n) is 2.12.